The van der Waals surface area contributed by atoms with E-state index in [9.17, 15) is 4.79 Å². The molecule has 1 aliphatic rings. The Labute approximate surface area is 118 Å². The summed E-state index contributed by atoms with van der Waals surface area (Å²) >= 11 is 1.70. The van der Waals surface area contributed by atoms with Crippen LogP contribution in [0.4, 0.5) is 4.79 Å². The lowest BCUT2D eigenvalue weighted by atomic mass is 10.1. The number of nitrogens with one attached hydrogen (secondary N) is 2. The normalized spacial score (nSPS) is 15.9. The first kappa shape index (κ1) is 14.2. The highest BCUT2D eigenvalue weighted by molar-refractivity contribution is 7.98. The summed E-state index contributed by atoms with van der Waals surface area (Å²) in [5.74, 6) is 0. The lowest BCUT2D eigenvalue weighted by Crippen LogP contribution is -2.39. The molecule has 19 heavy (non-hydrogen) atoms. The van der Waals surface area contributed by atoms with Gasteiger partial charge in [0.1, 0.15) is 0 Å². The second-order valence-electron chi connectivity index (χ2n) is 5.04. The summed E-state index contributed by atoms with van der Waals surface area (Å²) in [6.07, 6.45) is 4.04. The van der Waals surface area contributed by atoms with Gasteiger partial charge in [-0.25, -0.2) is 4.79 Å². The van der Waals surface area contributed by atoms with Crippen LogP contribution in [0.2, 0.25) is 0 Å². The van der Waals surface area contributed by atoms with Crippen molar-refractivity contribution in [2.24, 2.45) is 5.41 Å². The maximum absolute atomic E-state index is 11.6. The Balaban J connectivity index is 1.70. The number of hydrogen-bond acceptors (Lipinski definition) is 3. The zero-order chi connectivity index (χ0) is 13.7. The minimum Gasteiger partial charge on any atom is -0.396 e. The summed E-state index contributed by atoms with van der Waals surface area (Å²) in [6.45, 7) is 1.23. The maximum Gasteiger partial charge on any atom is 0.315 e. The van der Waals surface area contributed by atoms with Crippen LogP contribution >= 0.6 is 11.8 Å². The second kappa shape index (κ2) is 6.30. The number of hydrogen-bond donors (Lipinski definition) is 3. The molecule has 0 heterocycles. The van der Waals surface area contributed by atoms with Crippen molar-refractivity contribution in [3.63, 3.8) is 0 Å². The predicted octanol–water partition coefficient (Wildman–Crippen LogP) is 1.98. The number of urea groups is 1. The van der Waals surface area contributed by atoms with Gasteiger partial charge in [-0.1, -0.05) is 12.1 Å². The van der Waals surface area contributed by atoms with Crippen molar-refractivity contribution in [3.05, 3.63) is 29.8 Å². The minimum atomic E-state index is -0.173. The zero-order valence-corrected chi connectivity index (χ0v) is 11.9. The monoisotopic (exact) mass is 280 g/mol. The van der Waals surface area contributed by atoms with Crippen LogP contribution in [-0.4, -0.2) is 30.5 Å². The Morgan fingerprint density at radius 3 is 2.53 bits per heavy atom. The molecule has 0 saturated heterocycles. The number of amides is 2. The van der Waals surface area contributed by atoms with E-state index in [-0.39, 0.29) is 18.1 Å². The van der Waals surface area contributed by atoms with E-state index in [0.29, 0.717) is 13.1 Å². The fraction of sp³-hybridized carbons (Fsp3) is 0.500. The van der Waals surface area contributed by atoms with Crippen molar-refractivity contribution in [1.29, 1.82) is 0 Å². The molecule has 2 amide bonds. The molecular formula is C14H20N2O2S. The zero-order valence-electron chi connectivity index (χ0n) is 11.1. The molecule has 1 aromatic rings. The SMILES string of the molecule is CSc1ccc(CNC(=O)NCC2(CO)CC2)cc1. The highest BCUT2D eigenvalue weighted by atomic mass is 32.2. The Morgan fingerprint density at radius 1 is 1.32 bits per heavy atom. The van der Waals surface area contributed by atoms with Crippen LogP contribution in [0.15, 0.2) is 29.2 Å². The number of rotatable bonds is 6. The molecule has 1 aromatic carbocycles. The molecule has 0 aromatic heterocycles. The number of aliphatic hydroxyl groups excluding tert-OH is 1. The third-order valence-electron chi connectivity index (χ3n) is 3.53. The minimum absolute atomic E-state index is 0.0443. The van der Waals surface area contributed by atoms with Crippen LogP contribution < -0.4 is 10.6 Å². The van der Waals surface area contributed by atoms with E-state index in [1.807, 2.05) is 30.5 Å². The number of carbonyl (C=O) groups excluding carboxylic acids is 1. The highest BCUT2D eigenvalue weighted by Gasteiger charge is 2.42. The van der Waals surface area contributed by atoms with Crippen LogP contribution in [0.1, 0.15) is 18.4 Å². The van der Waals surface area contributed by atoms with Crippen LogP contribution in [0, 0.1) is 5.41 Å². The molecule has 2 rings (SSSR count). The second-order valence-corrected chi connectivity index (χ2v) is 5.92. The number of carbonyl (C=O) groups is 1. The van der Waals surface area contributed by atoms with Crippen LogP contribution in [0.3, 0.4) is 0 Å². The van der Waals surface area contributed by atoms with Gasteiger partial charge in [-0.2, -0.15) is 0 Å². The lowest BCUT2D eigenvalue weighted by Gasteiger charge is -2.13. The van der Waals surface area contributed by atoms with Crippen molar-refractivity contribution < 1.29 is 9.90 Å². The molecule has 1 saturated carbocycles. The Hall–Kier alpha value is -1.20. The molecule has 0 bridgehead atoms. The maximum atomic E-state index is 11.6. The van der Waals surface area contributed by atoms with Gasteiger partial charge in [0.25, 0.3) is 0 Å². The third kappa shape index (κ3) is 4.14. The quantitative estimate of drug-likeness (QED) is 0.698. The molecule has 104 valence electrons. The first-order valence-corrected chi connectivity index (χ1v) is 7.65. The van der Waals surface area contributed by atoms with E-state index in [2.05, 4.69) is 10.6 Å². The smallest absolute Gasteiger partial charge is 0.315 e. The van der Waals surface area contributed by atoms with Crippen molar-refractivity contribution in [1.82, 2.24) is 10.6 Å². The Bertz CT molecular complexity index is 430. The topological polar surface area (TPSA) is 61.4 Å². The average Bonchev–Trinajstić information content (AvgIpc) is 3.24. The Kier molecular flexibility index (Phi) is 4.71. The summed E-state index contributed by atoms with van der Waals surface area (Å²) in [6, 6.07) is 7.95. The van der Waals surface area contributed by atoms with Gasteiger partial charge in [-0.3, -0.25) is 0 Å². The van der Waals surface area contributed by atoms with Gasteiger partial charge in [0.15, 0.2) is 0 Å². The van der Waals surface area contributed by atoms with Gasteiger partial charge in [-0.05, 0) is 36.8 Å². The molecule has 4 nitrogen and oxygen atoms in total. The predicted molar refractivity (Wildman–Crippen MR) is 77.2 cm³/mol. The molecule has 0 radical (unpaired) electrons. The fourth-order valence-corrected chi connectivity index (χ4v) is 2.23. The highest BCUT2D eigenvalue weighted by Crippen LogP contribution is 2.44. The van der Waals surface area contributed by atoms with Crippen molar-refractivity contribution >= 4 is 17.8 Å². The molecule has 1 aliphatic carbocycles. The third-order valence-corrected chi connectivity index (χ3v) is 4.27. The summed E-state index contributed by atoms with van der Waals surface area (Å²) in [5.41, 5.74) is 1.04. The van der Waals surface area contributed by atoms with Gasteiger partial charge >= 0.3 is 6.03 Å². The number of benzene rings is 1. The van der Waals surface area contributed by atoms with Crippen LogP contribution in [0.25, 0.3) is 0 Å². The first-order chi connectivity index (χ1) is 9.17. The van der Waals surface area contributed by atoms with E-state index in [1.165, 1.54) is 4.90 Å². The van der Waals surface area contributed by atoms with Gasteiger partial charge in [0.05, 0.1) is 6.61 Å². The van der Waals surface area contributed by atoms with E-state index >= 15 is 0 Å². The molecule has 3 N–H and O–H groups in total. The lowest BCUT2D eigenvalue weighted by molar-refractivity contribution is 0.203. The van der Waals surface area contributed by atoms with Crippen LogP contribution in [-0.2, 0) is 6.54 Å². The van der Waals surface area contributed by atoms with E-state index in [4.69, 9.17) is 5.11 Å². The van der Waals surface area contributed by atoms with Gasteiger partial charge < -0.3 is 15.7 Å². The average molecular weight is 280 g/mol. The van der Waals surface area contributed by atoms with Gasteiger partial charge in [-0.15, -0.1) is 11.8 Å². The molecule has 0 aliphatic heterocycles. The van der Waals surface area contributed by atoms with Gasteiger partial charge in [0, 0.05) is 23.4 Å². The summed E-state index contributed by atoms with van der Waals surface area (Å²) in [7, 11) is 0. The molecular weight excluding hydrogens is 260 g/mol. The molecule has 0 unspecified atom stereocenters. The summed E-state index contributed by atoms with van der Waals surface area (Å²) in [4.78, 5) is 12.8. The van der Waals surface area contributed by atoms with E-state index < -0.39 is 0 Å². The van der Waals surface area contributed by atoms with Crippen molar-refractivity contribution in [2.75, 3.05) is 19.4 Å². The number of thioether (sulfide) groups is 1. The van der Waals surface area contributed by atoms with Crippen LogP contribution in [0.5, 0.6) is 0 Å². The first-order valence-electron chi connectivity index (χ1n) is 6.43. The molecule has 5 heteroatoms. The van der Waals surface area contributed by atoms with Gasteiger partial charge in [0.2, 0.25) is 0 Å². The largest absolute Gasteiger partial charge is 0.396 e. The number of aliphatic hydroxyl groups is 1. The summed E-state index contributed by atoms with van der Waals surface area (Å²) in [5, 5.41) is 14.8. The molecule has 1 fully saturated rings. The Morgan fingerprint density at radius 2 is 2.00 bits per heavy atom. The standard InChI is InChI=1S/C14H20N2O2S/c1-19-12-4-2-11(3-5-12)8-15-13(18)16-9-14(10-17)6-7-14/h2-5,17H,6-10H2,1H3,(H2,15,16,18). The van der Waals surface area contributed by atoms with E-state index in [1.54, 1.807) is 11.8 Å². The molecule has 0 spiro atoms. The van der Waals surface area contributed by atoms with E-state index in [0.717, 1.165) is 18.4 Å². The molecule has 0 atom stereocenters. The summed E-state index contributed by atoms with van der Waals surface area (Å²) < 4.78 is 0. The van der Waals surface area contributed by atoms with Crippen molar-refractivity contribution in [3.8, 4) is 0 Å². The fourth-order valence-electron chi connectivity index (χ4n) is 1.82. The van der Waals surface area contributed by atoms with Crippen molar-refractivity contribution in [2.45, 2.75) is 24.3 Å².